The standard InChI is InChI=1S/C20H18BrNO4/c1-26-12-11-22-17(13-7-9-15(21)10-8-13)16(19(24)20(22)25)18(23)14-5-3-2-4-6-14/h2-10,17,23H,11-12H2,1H3. The van der Waals surface area contributed by atoms with Gasteiger partial charge >= 0.3 is 0 Å². The number of benzene rings is 2. The highest BCUT2D eigenvalue weighted by atomic mass is 79.9. The summed E-state index contributed by atoms with van der Waals surface area (Å²) >= 11 is 3.39. The molecule has 2 aromatic rings. The van der Waals surface area contributed by atoms with Crippen molar-refractivity contribution >= 4 is 33.4 Å². The maximum Gasteiger partial charge on any atom is 0.295 e. The molecule has 1 aliphatic heterocycles. The van der Waals surface area contributed by atoms with Crippen LogP contribution in [-0.4, -0.2) is 42.0 Å². The zero-order valence-corrected chi connectivity index (χ0v) is 15.8. The Kier molecular flexibility index (Phi) is 5.54. The number of Topliss-reactive ketones (excluding diaryl/α,β-unsaturated/α-hetero) is 1. The van der Waals surface area contributed by atoms with Crippen LogP contribution >= 0.6 is 15.9 Å². The number of halogens is 1. The van der Waals surface area contributed by atoms with E-state index < -0.39 is 17.7 Å². The first-order valence-electron chi connectivity index (χ1n) is 8.13. The van der Waals surface area contributed by atoms with Crippen molar-refractivity contribution in [2.45, 2.75) is 6.04 Å². The van der Waals surface area contributed by atoms with Gasteiger partial charge in [0.1, 0.15) is 5.76 Å². The van der Waals surface area contributed by atoms with Crippen molar-refractivity contribution in [3.8, 4) is 0 Å². The summed E-state index contributed by atoms with van der Waals surface area (Å²) in [5, 5.41) is 10.8. The number of hydrogen-bond acceptors (Lipinski definition) is 4. The Morgan fingerprint density at radius 3 is 2.38 bits per heavy atom. The van der Waals surface area contributed by atoms with E-state index in [-0.39, 0.29) is 17.9 Å². The topological polar surface area (TPSA) is 66.8 Å². The molecular formula is C20H18BrNO4. The lowest BCUT2D eigenvalue weighted by molar-refractivity contribution is -0.140. The molecule has 1 saturated heterocycles. The van der Waals surface area contributed by atoms with Crippen LogP contribution in [-0.2, 0) is 14.3 Å². The smallest absolute Gasteiger partial charge is 0.295 e. The summed E-state index contributed by atoms with van der Waals surface area (Å²) in [5.74, 6) is -1.49. The van der Waals surface area contributed by atoms with E-state index in [9.17, 15) is 14.7 Å². The quantitative estimate of drug-likeness (QED) is 0.460. The molecule has 1 atom stereocenters. The van der Waals surface area contributed by atoms with Crippen LogP contribution in [0.3, 0.4) is 0 Å². The van der Waals surface area contributed by atoms with Crippen LogP contribution in [0, 0.1) is 0 Å². The maximum atomic E-state index is 12.7. The summed E-state index contributed by atoms with van der Waals surface area (Å²) in [4.78, 5) is 26.7. The molecule has 0 aromatic heterocycles. The predicted octanol–water partition coefficient (Wildman–Crippen LogP) is 3.52. The number of amides is 1. The van der Waals surface area contributed by atoms with Gasteiger partial charge in [-0.25, -0.2) is 0 Å². The summed E-state index contributed by atoms with van der Waals surface area (Å²) in [7, 11) is 1.54. The van der Waals surface area contributed by atoms with Crippen molar-refractivity contribution in [1.82, 2.24) is 4.90 Å². The van der Waals surface area contributed by atoms with Gasteiger partial charge in [0.25, 0.3) is 11.7 Å². The van der Waals surface area contributed by atoms with Gasteiger partial charge in [-0.05, 0) is 17.7 Å². The Morgan fingerprint density at radius 2 is 1.77 bits per heavy atom. The van der Waals surface area contributed by atoms with Gasteiger partial charge in [0, 0.05) is 23.7 Å². The van der Waals surface area contributed by atoms with E-state index in [1.54, 1.807) is 24.3 Å². The minimum absolute atomic E-state index is 0.0969. The van der Waals surface area contributed by atoms with Gasteiger partial charge in [-0.1, -0.05) is 58.4 Å². The number of aliphatic hydroxyl groups excluding tert-OH is 1. The number of rotatable bonds is 5. The third kappa shape index (κ3) is 3.43. The molecule has 1 unspecified atom stereocenters. The lowest BCUT2D eigenvalue weighted by Crippen LogP contribution is -2.32. The second-order valence-electron chi connectivity index (χ2n) is 5.90. The molecule has 26 heavy (non-hydrogen) atoms. The molecule has 1 amide bonds. The molecule has 0 bridgehead atoms. The van der Waals surface area contributed by atoms with Crippen molar-refractivity contribution in [3.05, 3.63) is 75.8 Å². The van der Waals surface area contributed by atoms with E-state index in [0.717, 1.165) is 10.0 Å². The van der Waals surface area contributed by atoms with Crippen LogP contribution in [0.15, 0.2) is 64.6 Å². The van der Waals surface area contributed by atoms with Crippen molar-refractivity contribution in [3.63, 3.8) is 0 Å². The van der Waals surface area contributed by atoms with E-state index in [1.165, 1.54) is 12.0 Å². The van der Waals surface area contributed by atoms with Crippen LogP contribution < -0.4 is 0 Å². The van der Waals surface area contributed by atoms with Crippen LogP contribution in [0.1, 0.15) is 17.2 Å². The van der Waals surface area contributed by atoms with Gasteiger partial charge in [-0.2, -0.15) is 0 Å². The number of likely N-dealkylation sites (tertiary alicyclic amines) is 1. The van der Waals surface area contributed by atoms with Crippen molar-refractivity contribution in [2.75, 3.05) is 20.3 Å². The largest absolute Gasteiger partial charge is 0.507 e. The van der Waals surface area contributed by atoms with Gasteiger partial charge in [0.15, 0.2) is 0 Å². The second-order valence-corrected chi connectivity index (χ2v) is 6.82. The molecule has 3 rings (SSSR count). The Balaban J connectivity index is 2.15. The van der Waals surface area contributed by atoms with Gasteiger partial charge in [0.2, 0.25) is 0 Å². The Hall–Kier alpha value is -2.44. The van der Waals surface area contributed by atoms with Gasteiger partial charge in [-0.3, -0.25) is 9.59 Å². The highest BCUT2D eigenvalue weighted by Gasteiger charge is 2.45. The Morgan fingerprint density at radius 1 is 1.12 bits per heavy atom. The summed E-state index contributed by atoms with van der Waals surface area (Å²) in [6.07, 6.45) is 0. The zero-order valence-electron chi connectivity index (χ0n) is 14.2. The molecule has 0 spiro atoms. The molecular weight excluding hydrogens is 398 g/mol. The minimum Gasteiger partial charge on any atom is -0.507 e. The van der Waals surface area contributed by atoms with Crippen molar-refractivity contribution < 1.29 is 19.4 Å². The van der Waals surface area contributed by atoms with Crippen LogP contribution in [0.25, 0.3) is 5.76 Å². The molecule has 0 radical (unpaired) electrons. The summed E-state index contributed by atoms with van der Waals surface area (Å²) in [5.41, 5.74) is 1.35. The number of aliphatic hydroxyl groups is 1. The third-order valence-electron chi connectivity index (χ3n) is 4.31. The van der Waals surface area contributed by atoms with E-state index in [2.05, 4.69) is 15.9 Å². The highest BCUT2D eigenvalue weighted by molar-refractivity contribution is 9.10. The van der Waals surface area contributed by atoms with E-state index >= 15 is 0 Å². The Labute approximate surface area is 160 Å². The molecule has 1 aliphatic rings. The van der Waals surface area contributed by atoms with Crippen LogP contribution in [0.5, 0.6) is 0 Å². The number of carbonyl (C=O) groups excluding carboxylic acids is 2. The molecule has 6 heteroatoms. The number of carbonyl (C=O) groups is 2. The first kappa shape index (κ1) is 18.4. The monoisotopic (exact) mass is 415 g/mol. The molecule has 1 fully saturated rings. The minimum atomic E-state index is -0.685. The fraction of sp³-hybridized carbons (Fsp3) is 0.200. The number of hydrogen-bond donors (Lipinski definition) is 1. The number of ketones is 1. The number of methoxy groups -OCH3 is 1. The molecule has 0 saturated carbocycles. The molecule has 1 N–H and O–H groups in total. The average molecular weight is 416 g/mol. The van der Waals surface area contributed by atoms with Gasteiger partial charge < -0.3 is 14.7 Å². The summed E-state index contributed by atoms with van der Waals surface area (Å²) in [6.45, 7) is 0.554. The average Bonchev–Trinajstić information content (AvgIpc) is 2.91. The third-order valence-corrected chi connectivity index (χ3v) is 4.84. The predicted molar refractivity (Wildman–Crippen MR) is 101 cm³/mol. The fourth-order valence-electron chi connectivity index (χ4n) is 3.04. The number of nitrogens with zero attached hydrogens (tertiary/aromatic N) is 1. The summed E-state index contributed by atoms with van der Waals surface area (Å²) < 4.78 is 5.97. The zero-order chi connectivity index (χ0) is 18.7. The maximum absolute atomic E-state index is 12.7. The van der Waals surface area contributed by atoms with E-state index in [0.29, 0.717) is 12.2 Å². The molecule has 5 nitrogen and oxygen atoms in total. The van der Waals surface area contributed by atoms with Gasteiger partial charge in [-0.15, -0.1) is 0 Å². The molecule has 1 heterocycles. The second kappa shape index (κ2) is 7.85. The molecule has 2 aromatic carbocycles. The normalized spacial score (nSPS) is 19.2. The van der Waals surface area contributed by atoms with Crippen molar-refractivity contribution in [1.29, 1.82) is 0 Å². The summed E-state index contributed by atoms with van der Waals surface area (Å²) in [6, 6.07) is 15.5. The first-order valence-corrected chi connectivity index (χ1v) is 8.92. The lowest BCUT2D eigenvalue weighted by atomic mass is 9.95. The highest BCUT2D eigenvalue weighted by Crippen LogP contribution is 2.39. The van der Waals surface area contributed by atoms with E-state index in [4.69, 9.17) is 4.74 Å². The Bertz CT molecular complexity index is 846. The number of ether oxygens (including phenoxy) is 1. The van der Waals surface area contributed by atoms with E-state index in [1.807, 2.05) is 30.3 Å². The molecule has 0 aliphatic carbocycles. The SMILES string of the molecule is COCCN1C(=O)C(=O)C(=C(O)c2ccccc2)C1c1ccc(Br)cc1. The van der Waals surface area contributed by atoms with Gasteiger partial charge in [0.05, 0.1) is 18.2 Å². The fourth-order valence-corrected chi connectivity index (χ4v) is 3.31. The van der Waals surface area contributed by atoms with Crippen molar-refractivity contribution in [2.24, 2.45) is 0 Å². The lowest BCUT2D eigenvalue weighted by Gasteiger charge is -2.25. The van der Waals surface area contributed by atoms with Crippen LogP contribution in [0.4, 0.5) is 0 Å². The first-order chi connectivity index (χ1) is 12.5. The molecule has 134 valence electrons. The van der Waals surface area contributed by atoms with Crippen LogP contribution in [0.2, 0.25) is 0 Å².